The molecule has 1 aliphatic carbocycles. The summed E-state index contributed by atoms with van der Waals surface area (Å²) < 4.78 is 10.6. The van der Waals surface area contributed by atoms with E-state index in [0.717, 1.165) is 30.5 Å². The van der Waals surface area contributed by atoms with E-state index in [1.807, 2.05) is 6.07 Å². The molecule has 19 heavy (non-hydrogen) atoms. The molecule has 6 heteroatoms. The number of ether oxygens (including phenoxy) is 1. The lowest BCUT2D eigenvalue weighted by Gasteiger charge is -2.06. The van der Waals surface area contributed by atoms with Crippen LogP contribution in [0.3, 0.4) is 0 Å². The minimum absolute atomic E-state index is 0.129. The Bertz CT molecular complexity index is 660. The van der Waals surface area contributed by atoms with Crippen molar-refractivity contribution in [2.75, 3.05) is 0 Å². The summed E-state index contributed by atoms with van der Waals surface area (Å²) in [5, 5.41) is 9.33. The molecule has 2 aromatic heterocycles. The molecule has 0 aromatic carbocycles. The zero-order chi connectivity index (χ0) is 13.2. The van der Waals surface area contributed by atoms with Crippen LogP contribution in [0.4, 0.5) is 0 Å². The summed E-state index contributed by atoms with van der Waals surface area (Å²) in [6, 6.07) is 3.60. The van der Waals surface area contributed by atoms with Crippen molar-refractivity contribution in [3.05, 3.63) is 40.2 Å². The van der Waals surface area contributed by atoms with E-state index < -0.39 is 0 Å². The van der Waals surface area contributed by atoms with Gasteiger partial charge in [0, 0.05) is 11.8 Å². The molecule has 0 bridgehead atoms. The highest BCUT2D eigenvalue weighted by Gasteiger charge is 2.17. The number of nitriles is 1. The molecule has 2 heterocycles. The number of pyridine rings is 1. The predicted octanol–water partition coefficient (Wildman–Crippen LogP) is 2.66. The molecular weight excluding hydrogens is 266 g/mol. The fourth-order valence-corrected chi connectivity index (χ4v) is 2.40. The van der Waals surface area contributed by atoms with Gasteiger partial charge in [-0.1, -0.05) is 11.6 Å². The van der Waals surface area contributed by atoms with Gasteiger partial charge in [0.25, 0.3) is 0 Å². The first-order valence-corrected chi connectivity index (χ1v) is 6.29. The van der Waals surface area contributed by atoms with Gasteiger partial charge in [0.15, 0.2) is 12.3 Å². The molecule has 0 aliphatic heterocycles. The highest BCUT2D eigenvalue weighted by Crippen LogP contribution is 2.30. The second-order valence-electron chi connectivity index (χ2n) is 4.25. The van der Waals surface area contributed by atoms with Gasteiger partial charge in [-0.15, -0.1) is 0 Å². The fraction of sp³-hybridized carbons (Fsp3) is 0.308. The Kier molecular flexibility index (Phi) is 3.10. The summed E-state index contributed by atoms with van der Waals surface area (Å²) in [5.74, 6) is 0.803. The molecule has 2 aromatic rings. The van der Waals surface area contributed by atoms with Crippen LogP contribution in [-0.2, 0) is 19.4 Å². The van der Waals surface area contributed by atoms with Crippen LogP contribution in [0, 0.1) is 11.3 Å². The summed E-state index contributed by atoms with van der Waals surface area (Å²) >= 11 is 6.18. The zero-order valence-corrected chi connectivity index (χ0v) is 10.8. The summed E-state index contributed by atoms with van der Waals surface area (Å²) in [7, 11) is 0. The van der Waals surface area contributed by atoms with Gasteiger partial charge in [0.2, 0.25) is 11.8 Å². The summed E-state index contributed by atoms with van der Waals surface area (Å²) in [4.78, 5) is 8.34. The second kappa shape index (κ2) is 4.90. The molecule has 0 unspecified atom stereocenters. The SMILES string of the molecule is N#Cc1coc(COc2cc(Cl)c3c(n2)CCC3)n1. The Labute approximate surface area is 114 Å². The molecule has 0 saturated heterocycles. The number of hydrogen-bond donors (Lipinski definition) is 0. The van der Waals surface area contributed by atoms with Crippen LogP contribution < -0.4 is 4.74 Å². The first-order valence-electron chi connectivity index (χ1n) is 5.92. The minimum atomic E-state index is 0.129. The lowest BCUT2D eigenvalue weighted by atomic mass is 10.2. The molecule has 0 saturated carbocycles. The van der Waals surface area contributed by atoms with E-state index >= 15 is 0 Å². The quantitative estimate of drug-likeness (QED) is 0.861. The monoisotopic (exact) mass is 275 g/mol. The van der Waals surface area contributed by atoms with Crippen molar-refractivity contribution in [1.82, 2.24) is 9.97 Å². The molecule has 0 amide bonds. The van der Waals surface area contributed by atoms with Crippen molar-refractivity contribution in [3.8, 4) is 11.9 Å². The normalized spacial score (nSPS) is 13.1. The molecule has 0 fully saturated rings. The third-order valence-corrected chi connectivity index (χ3v) is 3.32. The number of halogens is 1. The highest BCUT2D eigenvalue weighted by molar-refractivity contribution is 6.31. The lowest BCUT2D eigenvalue weighted by Crippen LogP contribution is -2.00. The molecule has 3 rings (SSSR count). The molecule has 1 aliphatic rings. The van der Waals surface area contributed by atoms with Crippen LogP contribution in [0.25, 0.3) is 0 Å². The van der Waals surface area contributed by atoms with Crippen LogP contribution in [0.15, 0.2) is 16.7 Å². The molecule has 96 valence electrons. The van der Waals surface area contributed by atoms with Crippen LogP contribution in [0.1, 0.15) is 29.3 Å². The second-order valence-corrected chi connectivity index (χ2v) is 4.66. The van der Waals surface area contributed by atoms with Gasteiger partial charge in [-0.3, -0.25) is 0 Å². The van der Waals surface area contributed by atoms with Crippen LogP contribution in [0.5, 0.6) is 5.88 Å². The first kappa shape index (κ1) is 12.0. The van der Waals surface area contributed by atoms with Gasteiger partial charge in [0.1, 0.15) is 12.3 Å². The van der Waals surface area contributed by atoms with Crippen LogP contribution >= 0.6 is 11.6 Å². The van der Waals surface area contributed by atoms with Crippen molar-refractivity contribution in [3.63, 3.8) is 0 Å². The highest BCUT2D eigenvalue weighted by atomic mass is 35.5. The maximum Gasteiger partial charge on any atom is 0.233 e. The van der Waals surface area contributed by atoms with Crippen LogP contribution in [0.2, 0.25) is 5.02 Å². The Balaban J connectivity index is 1.74. The number of nitrogens with zero attached hydrogens (tertiary/aromatic N) is 3. The summed E-state index contributed by atoms with van der Waals surface area (Å²) in [5.41, 5.74) is 2.36. The number of aromatic nitrogens is 2. The molecule has 0 N–H and O–H groups in total. The lowest BCUT2D eigenvalue weighted by molar-refractivity contribution is 0.253. The molecule has 0 spiro atoms. The Morgan fingerprint density at radius 2 is 2.32 bits per heavy atom. The van der Waals surface area contributed by atoms with E-state index in [1.54, 1.807) is 6.07 Å². The zero-order valence-electron chi connectivity index (χ0n) is 10.0. The Morgan fingerprint density at radius 3 is 3.11 bits per heavy atom. The number of oxazole rings is 1. The van der Waals surface area contributed by atoms with Gasteiger partial charge in [-0.25, -0.2) is 4.98 Å². The third kappa shape index (κ3) is 2.40. The maximum absolute atomic E-state index is 8.64. The van der Waals surface area contributed by atoms with Crippen molar-refractivity contribution < 1.29 is 9.15 Å². The van der Waals surface area contributed by atoms with Crippen molar-refractivity contribution >= 4 is 11.6 Å². The van der Waals surface area contributed by atoms with Crippen LogP contribution in [-0.4, -0.2) is 9.97 Å². The van der Waals surface area contributed by atoms with E-state index in [0.29, 0.717) is 16.8 Å². The van der Waals surface area contributed by atoms with Gasteiger partial charge in [0.05, 0.1) is 5.02 Å². The van der Waals surface area contributed by atoms with E-state index in [9.17, 15) is 0 Å². The van der Waals surface area contributed by atoms with Crippen molar-refractivity contribution in [2.24, 2.45) is 0 Å². The smallest absolute Gasteiger partial charge is 0.233 e. The fourth-order valence-electron chi connectivity index (χ4n) is 2.11. The van der Waals surface area contributed by atoms with E-state index in [1.165, 1.54) is 6.26 Å². The van der Waals surface area contributed by atoms with Gasteiger partial charge < -0.3 is 9.15 Å². The maximum atomic E-state index is 8.64. The third-order valence-electron chi connectivity index (χ3n) is 2.98. The van der Waals surface area contributed by atoms with E-state index in [-0.39, 0.29) is 12.3 Å². The molecule has 0 radical (unpaired) electrons. The first-order chi connectivity index (χ1) is 9.26. The summed E-state index contributed by atoms with van der Waals surface area (Å²) in [6.45, 7) is 0.129. The average Bonchev–Trinajstić information content (AvgIpc) is 3.05. The predicted molar refractivity (Wildman–Crippen MR) is 66.8 cm³/mol. The van der Waals surface area contributed by atoms with Gasteiger partial charge in [-0.05, 0) is 24.8 Å². The standard InChI is InChI=1S/C13H10ClN3O2/c14-10-4-12(17-11-3-1-2-9(10)11)19-7-13-16-8(5-15)6-18-13/h4,6H,1-3,7H2. The average molecular weight is 276 g/mol. The van der Waals surface area contributed by atoms with Crippen molar-refractivity contribution in [1.29, 1.82) is 5.26 Å². The van der Waals surface area contributed by atoms with Gasteiger partial charge >= 0.3 is 0 Å². The Morgan fingerprint density at radius 1 is 1.42 bits per heavy atom. The molecular formula is C13H10ClN3O2. The van der Waals surface area contributed by atoms with E-state index in [2.05, 4.69) is 9.97 Å². The Hall–Kier alpha value is -2.06. The number of hydrogen-bond acceptors (Lipinski definition) is 5. The number of aryl methyl sites for hydroxylation is 1. The summed E-state index contributed by atoms with van der Waals surface area (Å²) in [6.07, 6.45) is 4.29. The van der Waals surface area contributed by atoms with Crippen molar-refractivity contribution in [2.45, 2.75) is 25.9 Å². The topological polar surface area (TPSA) is 71.9 Å². The number of fused-ring (bicyclic) bond motifs is 1. The molecule has 0 atom stereocenters. The number of rotatable bonds is 3. The van der Waals surface area contributed by atoms with E-state index in [4.69, 9.17) is 26.0 Å². The minimum Gasteiger partial charge on any atom is -0.468 e. The van der Waals surface area contributed by atoms with Gasteiger partial charge in [-0.2, -0.15) is 10.2 Å². The molecule has 5 nitrogen and oxygen atoms in total. The largest absolute Gasteiger partial charge is 0.468 e.